The SMILES string of the molecule is CCCOCCOC(C)C(=O)Nc1ccc(F)c(N)c1. The molecular weight excluding hydrogens is 263 g/mol. The molecule has 1 amide bonds. The first-order chi connectivity index (χ1) is 9.54. The lowest BCUT2D eigenvalue weighted by Gasteiger charge is -2.13. The summed E-state index contributed by atoms with van der Waals surface area (Å²) < 4.78 is 23.6. The van der Waals surface area contributed by atoms with E-state index in [0.717, 1.165) is 6.42 Å². The van der Waals surface area contributed by atoms with Crippen LogP contribution < -0.4 is 11.1 Å². The zero-order valence-corrected chi connectivity index (χ0v) is 11.8. The number of hydrogen-bond donors (Lipinski definition) is 2. The Morgan fingerprint density at radius 3 is 2.80 bits per heavy atom. The molecule has 1 unspecified atom stereocenters. The van der Waals surface area contributed by atoms with Gasteiger partial charge in [0.1, 0.15) is 11.9 Å². The fourth-order valence-electron chi connectivity index (χ4n) is 1.47. The predicted octanol–water partition coefficient (Wildman–Crippen LogP) is 2.18. The molecule has 5 nitrogen and oxygen atoms in total. The van der Waals surface area contributed by atoms with Gasteiger partial charge in [0.25, 0.3) is 5.91 Å². The third-order valence-corrected chi connectivity index (χ3v) is 2.58. The number of carbonyl (C=O) groups is 1. The van der Waals surface area contributed by atoms with Crippen molar-refractivity contribution in [2.24, 2.45) is 0 Å². The monoisotopic (exact) mass is 284 g/mol. The number of amides is 1. The molecule has 112 valence electrons. The first-order valence-electron chi connectivity index (χ1n) is 6.59. The number of rotatable bonds is 8. The van der Waals surface area contributed by atoms with Gasteiger partial charge >= 0.3 is 0 Å². The lowest BCUT2D eigenvalue weighted by molar-refractivity contribution is -0.127. The van der Waals surface area contributed by atoms with E-state index < -0.39 is 11.9 Å². The van der Waals surface area contributed by atoms with Crippen molar-refractivity contribution >= 4 is 17.3 Å². The van der Waals surface area contributed by atoms with Crippen LogP contribution in [0.15, 0.2) is 18.2 Å². The molecule has 1 aromatic rings. The lowest BCUT2D eigenvalue weighted by atomic mass is 10.2. The Hall–Kier alpha value is -1.66. The quantitative estimate of drug-likeness (QED) is 0.567. The smallest absolute Gasteiger partial charge is 0.253 e. The van der Waals surface area contributed by atoms with Crippen molar-refractivity contribution in [1.82, 2.24) is 0 Å². The summed E-state index contributed by atoms with van der Waals surface area (Å²) in [6, 6.07) is 4.01. The fourth-order valence-corrected chi connectivity index (χ4v) is 1.47. The fraction of sp³-hybridized carbons (Fsp3) is 0.500. The average molecular weight is 284 g/mol. The molecule has 0 radical (unpaired) electrons. The largest absolute Gasteiger partial charge is 0.396 e. The number of hydrogen-bond acceptors (Lipinski definition) is 4. The number of nitrogen functional groups attached to an aromatic ring is 1. The highest BCUT2D eigenvalue weighted by Gasteiger charge is 2.13. The van der Waals surface area contributed by atoms with E-state index in [1.54, 1.807) is 6.92 Å². The highest BCUT2D eigenvalue weighted by atomic mass is 19.1. The van der Waals surface area contributed by atoms with Crippen LogP contribution >= 0.6 is 0 Å². The minimum atomic E-state index is -0.619. The zero-order valence-electron chi connectivity index (χ0n) is 11.8. The molecule has 0 saturated heterocycles. The van der Waals surface area contributed by atoms with Crippen LogP contribution in [0.25, 0.3) is 0 Å². The van der Waals surface area contributed by atoms with Gasteiger partial charge in [-0.05, 0) is 31.5 Å². The second-order valence-electron chi connectivity index (χ2n) is 4.35. The van der Waals surface area contributed by atoms with Crippen molar-refractivity contribution in [2.75, 3.05) is 30.9 Å². The summed E-state index contributed by atoms with van der Waals surface area (Å²) in [5, 5.41) is 2.61. The number of nitrogens with two attached hydrogens (primary N) is 1. The highest BCUT2D eigenvalue weighted by molar-refractivity contribution is 5.94. The molecule has 0 aliphatic heterocycles. The third kappa shape index (κ3) is 5.54. The molecule has 0 heterocycles. The number of carbonyl (C=O) groups excluding carboxylic acids is 1. The molecular formula is C14H21FN2O3. The van der Waals surface area contributed by atoms with E-state index in [4.69, 9.17) is 15.2 Å². The van der Waals surface area contributed by atoms with Crippen LogP contribution in [0.1, 0.15) is 20.3 Å². The summed E-state index contributed by atoms with van der Waals surface area (Å²) in [4.78, 5) is 11.8. The van der Waals surface area contributed by atoms with E-state index in [9.17, 15) is 9.18 Å². The molecule has 0 aliphatic rings. The van der Waals surface area contributed by atoms with Gasteiger partial charge in [0.05, 0.1) is 18.9 Å². The van der Waals surface area contributed by atoms with E-state index in [1.807, 2.05) is 6.92 Å². The van der Waals surface area contributed by atoms with Crippen LogP contribution in [-0.4, -0.2) is 31.8 Å². The Balaban J connectivity index is 2.35. The third-order valence-electron chi connectivity index (χ3n) is 2.58. The molecule has 0 aromatic heterocycles. The van der Waals surface area contributed by atoms with Gasteiger partial charge < -0.3 is 20.5 Å². The Bertz CT molecular complexity index is 440. The molecule has 0 saturated carbocycles. The second kappa shape index (κ2) is 8.50. The number of anilines is 2. The molecule has 3 N–H and O–H groups in total. The summed E-state index contributed by atoms with van der Waals surface area (Å²) >= 11 is 0. The molecule has 0 fully saturated rings. The molecule has 0 aliphatic carbocycles. The summed E-state index contributed by atoms with van der Waals surface area (Å²) in [6.45, 7) is 5.14. The van der Waals surface area contributed by atoms with E-state index in [2.05, 4.69) is 5.32 Å². The average Bonchev–Trinajstić information content (AvgIpc) is 2.42. The first kappa shape index (κ1) is 16.4. The molecule has 1 atom stereocenters. The number of ether oxygens (including phenoxy) is 2. The van der Waals surface area contributed by atoms with Crippen molar-refractivity contribution < 1.29 is 18.7 Å². The highest BCUT2D eigenvalue weighted by Crippen LogP contribution is 2.16. The molecule has 1 aromatic carbocycles. The summed E-state index contributed by atoms with van der Waals surface area (Å²) in [5.41, 5.74) is 5.85. The van der Waals surface area contributed by atoms with E-state index in [1.165, 1.54) is 18.2 Å². The predicted molar refractivity (Wildman–Crippen MR) is 76.0 cm³/mol. The maximum atomic E-state index is 13.0. The summed E-state index contributed by atoms with van der Waals surface area (Å²) in [6.07, 6.45) is 0.327. The van der Waals surface area contributed by atoms with Crippen molar-refractivity contribution in [2.45, 2.75) is 26.4 Å². The van der Waals surface area contributed by atoms with Crippen LogP contribution in [0, 0.1) is 5.82 Å². The molecule has 20 heavy (non-hydrogen) atoms. The van der Waals surface area contributed by atoms with Crippen LogP contribution in [0.5, 0.6) is 0 Å². The molecule has 0 spiro atoms. The van der Waals surface area contributed by atoms with E-state index >= 15 is 0 Å². The zero-order chi connectivity index (χ0) is 15.0. The molecule has 0 bridgehead atoms. The Morgan fingerprint density at radius 1 is 1.40 bits per heavy atom. The summed E-state index contributed by atoms with van der Waals surface area (Å²) in [5.74, 6) is -0.827. The molecule has 1 rings (SSSR count). The van der Waals surface area contributed by atoms with Crippen molar-refractivity contribution in [1.29, 1.82) is 0 Å². The van der Waals surface area contributed by atoms with Gasteiger partial charge in [-0.25, -0.2) is 4.39 Å². The second-order valence-corrected chi connectivity index (χ2v) is 4.35. The minimum Gasteiger partial charge on any atom is -0.396 e. The van der Waals surface area contributed by atoms with E-state index in [0.29, 0.717) is 25.5 Å². The normalized spacial score (nSPS) is 12.2. The van der Waals surface area contributed by atoms with Crippen molar-refractivity contribution in [3.63, 3.8) is 0 Å². The van der Waals surface area contributed by atoms with Crippen LogP contribution in [0.4, 0.5) is 15.8 Å². The molecule has 6 heteroatoms. The topological polar surface area (TPSA) is 73.6 Å². The number of halogens is 1. The maximum Gasteiger partial charge on any atom is 0.253 e. The van der Waals surface area contributed by atoms with Crippen molar-refractivity contribution in [3.8, 4) is 0 Å². The van der Waals surface area contributed by atoms with Gasteiger partial charge in [-0.15, -0.1) is 0 Å². The standard InChI is InChI=1S/C14H21FN2O3/c1-3-6-19-7-8-20-10(2)14(18)17-11-4-5-12(15)13(16)9-11/h4-5,9-10H,3,6-8,16H2,1-2H3,(H,17,18). The first-order valence-corrected chi connectivity index (χ1v) is 6.59. The van der Waals surface area contributed by atoms with Crippen LogP contribution in [0.3, 0.4) is 0 Å². The van der Waals surface area contributed by atoms with Gasteiger partial charge in [0.15, 0.2) is 0 Å². The Morgan fingerprint density at radius 2 is 2.15 bits per heavy atom. The van der Waals surface area contributed by atoms with Gasteiger partial charge in [0, 0.05) is 12.3 Å². The van der Waals surface area contributed by atoms with Gasteiger partial charge in [-0.1, -0.05) is 6.92 Å². The Labute approximate surface area is 118 Å². The van der Waals surface area contributed by atoms with Crippen molar-refractivity contribution in [3.05, 3.63) is 24.0 Å². The minimum absolute atomic E-state index is 0.00987. The number of nitrogens with one attached hydrogen (secondary N) is 1. The summed E-state index contributed by atoms with van der Waals surface area (Å²) in [7, 11) is 0. The number of benzene rings is 1. The lowest BCUT2D eigenvalue weighted by Crippen LogP contribution is -2.29. The van der Waals surface area contributed by atoms with Crippen LogP contribution in [-0.2, 0) is 14.3 Å². The van der Waals surface area contributed by atoms with E-state index in [-0.39, 0.29) is 11.6 Å². The van der Waals surface area contributed by atoms with Gasteiger partial charge in [0.2, 0.25) is 0 Å². The Kier molecular flexibility index (Phi) is 6.97. The maximum absolute atomic E-state index is 13.0. The van der Waals surface area contributed by atoms with Gasteiger partial charge in [-0.2, -0.15) is 0 Å². The van der Waals surface area contributed by atoms with Crippen LogP contribution in [0.2, 0.25) is 0 Å². The van der Waals surface area contributed by atoms with Gasteiger partial charge in [-0.3, -0.25) is 4.79 Å².